The van der Waals surface area contributed by atoms with E-state index in [1.165, 1.54) is 0 Å². The van der Waals surface area contributed by atoms with Gasteiger partial charge in [-0.1, -0.05) is 19.1 Å². The molecule has 4 heteroatoms. The Morgan fingerprint density at radius 1 is 1.47 bits per heavy atom. The molecule has 0 saturated carbocycles. The highest BCUT2D eigenvalue weighted by atomic mass is 19.2. The van der Waals surface area contributed by atoms with E-state index in [2.05, 4.69) is 5.32 Å². The SMILES string of the molecule is CCNC(c1cccc(F)c1F)C1CCOC1. The van der Waals surface area contributed by atoms with Gasteiger partial charge in [-0.15, -0.1) is 0 Å². The third kappa shape index (κ3) is 2.64. The van der Waals surface area contributed by atoms with Crippen LogP contribution in [0.2, 0.25) is 0 Å². The first-order chi connectivity index (χ1) is 8.24. The zero-order chi connectivity index (χ0) is 12.3. The fourth-order valence-electron chi connectivity index (χ4n) is 2.33. The van der Waals surface area contributed by atoms with Gasteiger partial charge in [-0.3, -0.25) is 0 Å². The van der Waals surface area contributed by atoms with E-state index >= 15 is 0 Å². The van der Waals surface area contributed by atoms with Crippen LogP contribution in [0.3, 0.4) is 0 Å². The van der Waals surface area contributed by atoms with Gasteiger partial charge in [0.2, 0.25) is 0 Å². The van der Waals surface area contributed by atoms with E-state index in [0.29, 0.717) is 18.8 Å². The van der Waals surface area contributed by atoms with Crippen LogP contribution < -0.4 is 5.32 Å². The minimum absolute atomic E-state index is 0.168. The molecular formula is C13H17F2NO. The third-order valence-electron chi connectivity index (χ3n) is 3.18. The molecule has 1 aromatic rings. The lowest BCUT2D eigenvalue weighted by Crippen LogP contribution is -2.29. The van der Waals surface area contributed by atoms with Gasteiger partial charge in [-0.2, -0.15) is 0 Å². The summed E-state index contributed by atoms with van der Waals surface area (Å²) in [6.07, 6.45) is 0.883. The summed E-state index contributed by atoms with van der Waals surface area (Å²) in [5, 5.41) is 3.22. The molecule has 2 unspecified atom stereocenters. The summed E-state index contributed by atoms with van der Waals surface area (Å²) >= 11 is 0. The average molecular weight is 241 g/mol. The van der Waals surface area contributed by atoms with Crippen LogP contribution in [0.5, 0.6) is 0 Å². The Hall–Kier alpha value is -1.00. The minimum atomic E-state index is -0.788. The molecule has 0 aromatic heterocycles. The summed E-state index contributed by atoms with van der Waals surface area (Å²) in [6, 6.07) is 4.17. The van der Waals surface area contributed by atoms with E-state index in [1.54, 1.807) is 12.1 Å². The molecule has 0 spiro atoms. The molecule has 17 heavy (non-hydrogen) atoms. The van der Waals surface area contributed by atoms with Crippen LogP contribution in [0.25, 0.3) is 0 Å². The smallest absolute Gasteiger partial charge is 0.163 e. The van der Waals surface area contributed by atoms with Crippen LogP contribution in [0.4, 0.5) is 8.78 Å². The molecule has 94 valence electrons. The highest BCUT2D eigenvalue weighted by molar-refractivity contribution is 5.23. The number of rotatable bonds is 4. The van der Waals surface area contributed by atoms with Crippen LogP contribution in [-0.4, -0.2) is 19.8 Å². The van der Waals surface area contributed by atoms with Gasteiger partial charge in [0.05, 0.1) is 6.61 Å². The van der Waals surface area contributed by atoms with Gasteiger partial charge < -0.3 is 10.1 Å². The highest BCUT2D eigenvalue weighted by Gasteiger charge is 2.29. The maximum atomic E-state index is 13.8. The Balaban J connectivity index is 2.27. The van der Waals surface area contributed by atoms with Crippen molar-refractivity contribution in [3.63, 3.8) is 0 Å². The van der Waals surface area contributed by atoms with Crippen LogP contribution in [0.15, 0.2) is 18.2 Å². The van der Waals surface area contributed by atoms with Crippen molar-refractivity contribution in [2.45, 2.75) is 19.4 Å². The second kappa shape index (κ2) is 5.56. The molecule has 1 aliphatic rings. The van der Waals surface area contributed by atoms with Crippen molar-refractivity contribution < 1.29 is 13.5 Å². The lowest BCUT2D eigenvalue weighted by molar-refractivity contribution is 0.176. The summed E-state index contributed by atoms with van der Waals surface area (Å²) in [5.41, 5.74) is 0.405. The van der Waals surface area contributed by atoms with Gasteiger partial charge in [0.1, 0.15) is 0 Å². The molecule has 2 nitrogen and oxygen atoms in total. The predicted octanol–water partition coefficient (Wildman–Crippen LogP) is 2.65. The summed E-state index contributed by atoms with van der Waals surface area (Å²) in [7, 11) is 0. The summed E-state index contributed by atoms with van der Waals surface area (Å²) < 4.78 is 32.3. The topological polar surface area (TPSA) is 21.3 Å². The average Bonchev–Trinajstić information content (AvgIpc) is 2.84. The first kappa shape index (κ1) is 12.5. The van der Waals surface area contributed by atoms with E-state index < -0.39 is 11.6 Å². The standard InChI is InChI=1S/C13H17F2NO/c1-2-16-13(9-6-7-17-8-9)10-4-3-5-11(14)12(10)15/h3-5,9,13,16H,2,6-8H2,1H3. The van der Waals surface area contributed by atoms with E-state index in [1.807, 2.05) is 6.92 Å². The largest absolute Gasteiger partial charge is 0.381 e. The number of hydrogen-bond donors (Lipinski definition) is 1. The van der Waals surface area contributed by atoms with E-state index in [-0.39, 0.29) is 12.0 Å². The van der Waals surface area contributed by atoms with Gasteiger partial charge in [0.25, 0.3) is 0 Å². The molecule has 1 aromatic carbocycles. The van der Waals surface area contributed by atoms with E-state index in [4.69, 9.17) is 4.74 Å². The maximum absolute atomic E-state index is 13.8. The molecule has 0 radical (unpaired) electrons. The molecule has 1 N–H and O–H groups in total. The lowest BCUT2D eigenvalue weighted by Gasteiger charge is -2.24. The molecule has 0 aliphatic carbocycles. The molecule has 0 amide bonds. The number of nitrogens with one attached hydrogen (secondary N) is 1. The quantitative estimate of drug-likeness (QED) is 0.875. The monoisotopic (exact) mass is 241 g/mol. The molecule has 1 saturated heterocycles. The molecule has 2 rings (SSSR count). The van der Waals surface area contributed by atoms with Crippen LogP contribution >= 0.6 is 0 Å². The third-order valence-corrected chi connectivity index (χ3v) is 3.18. The molecule has 1 heterocycles. The van der Waals surface area contributed by atoms with Crippen molar-refractivity contribution in [2.24, 2.45) is 5.92 Å². The fourth-order valence-corrected chi connectivity index (χ4v) is 2.33. The summed E-state index contributed by atoms with van der Waals surface area (Å²) in [4.78, 5) is 0. The first-order valence-electron chi connectivity index (χ1n) is 5.99. The van der Waals surface area contributed by atoms with Crippen molar-refractivity contribution in [2.75, 3.05) is 19.8 Å². The van der Waals surface area contributed by atoms with Gasteiger partial charge >= 0.3 is 0 Å². The normalized spacial score (nSPS) is 21.7. The summed E-state index contributed by atoms with van der Waals surface area (Å²) in [5.74, 6) is -1.32. The molecular weight excluding hydrogens is 224 g/mol. The van der Waals surface area contributed by atoms with Crippen molar-refractivity contribution >= 4 is 0 Å². The van der Waals surface area contributed by atoms with Crippen molar-refractivity contribution in [3.8, 4) is 0 Å². The Kier molecular flexibility index (Phi) is 4.07. The fraction of sp³-hybridized carbons (Fsp3) is 0.538. The molecule has 1 fully saturated rings. The molecule has 0 bridgehead atoms. The van der Waals surface area contributed by atoms with E-state index in [0.717, 1.165) is 19.0 Å². The van der Waals surface area contributed by atoms with Gasteiger partial charge in [-0.05, 0) is 19.0 Å². The van der Waals surface area contributed by atoms with Crippen molar-refractivity contribution in [1.82, 2.24) is 5.32 Å². The number of benzene rings is 1. The Morgan fingerprint density at radius 3 is 2.94 bits per heavy atom. The van der Waals surface area contributed by atoms with Crippen molar-refractivity contribution in [3.05, 3.63) is 35.4 Å². The Bertz CT molecular complexity index is 378. The molecule has 1 aliphatic heterocycles. The zero-order valence-electron chi connectivity index (χ0n) is 9.88. The first-order valence-corrected chi connectivity index (χ1v) is 5.99. The van der Waals surface area contributed by atoms with Crippen LogP contribution in [-0.2, 0) is 4.74 Å². The molecule has 2 atom stereocenters. The maximum Gasteiger partial charge on any atom is 0.163 e. The second-order valence-corrected chi connectivity index (χ2v) is 4.30. The lowest BCUT2D eigenvalue weighted by atomic mass is 9.92. The number of hydrogen-bond acceptors (Lipinski definition) is 2. The van der Waals surface area contributed by atoms with Crippen LogP contribution in [0.1, 0.15) is 24.9 Å². The second-order valence-electron chi connectivity index (χ2n) is 4.30. The zero-order valence-corrected chi connectivity index (χ0v) is 9.88. The Labute approximate surface area is 100.0 Å². The van der Waals surface area contributed by atoms with Gasteiger partial charge in [0, 0.05) is 24.1 Å². The van der Waals surface area contributed by atoms with Crippen molar-refractivity contribution in [1.29, 1.82) is 0 Å². The van der Waals surface area contributed by atoms with Gasteiger partial charge in [0.15, 0.2) is 11.6 Å². The highest BCUT2D eigenvalue weighted by Crippen LogP contribution is 2.30. The van der Waals surface area contributed by atoms with E-state index in [9.17, 15) is 8.78 Å². The number of ether oxygens (including phenoxy) is 1. The Morgan fingerprint density at radius 2 is 2.29 bits per heavy atom. The minimum Gasteiger partial charge on any atom is -0.381 e. The van der Waals surface area contributed by atoms with Crippen LogP contribution in [0, 0.1) is 17.6 Å². The summed E-state index contributed by atoms with van der Waals surface area (Å²) in [6.45, 7) is 3.98. The van der Waals surface area contributed by atoms with Gasteiger partial charge in [-0.25, -0.2) is 8.78 Å². The predicted molar refractivity (Wildman–Crippen MR) is 61.7 cm³/mol. The number of halogens is 2.